The van der Waals surface area contributed by atoms with E-state index < -0.39 is 10.0 Å². The Morgan fingerprint density at radius 3 is 2.38 bits per heavy atom. The number of rotatable bonds is 5. The van der Waals surface area contributed by atoms with E-state index in [9.17, 15) is 8.42 Å². The van der Waals surface area contributed by atoms with Crippen molar-refractivity contribution < 1.29 is 13.5 Å². The zero-order valence-corrected chi connectivity index (χ0v) is 14.1. The minimum absolute atomic E-state index is 0.0200. The predicted octanol–water partition coefficient (Wildman–Crippen LogP) is 2.80. The van der Waals surface area contributed by atoms with Crippen molar-refractivity contribution in [1.82, 2.24) is 4.72 Å². The summed E-state index contributed by atoms with van der Waals surface area (Å²) in [6.07, 6.45) is 0.976. The van der Waals surface area contributed by atoms with Gasteiger partial charge in [-0.05, 0) is 25.5 Å². The zero-order valence-electron chi connectivity index (χ0n) is 11.8. The Morgan fingerprint density at radius 1 is 1.33 bits per heavy atom. The summed E-state index contributed by atoms with van der Waals surface area (Å²) in [5.41, 5.74) is 0.501. The van der Waals surface area contributed by atoms with Crippen LogP contribution in [0.25, 0.3) is 0 Å². The van der Waals surface area contributed by atoms with Gasteiger partial charge in [0.05, 0.1) is 16.7 Å². The quantitative estimate of drug-likeness (QED) is 0.803. The molecular weight excluding hydrogens is 333 g/mol. The minimum Gasteiger partial charge on any atom is -0.395 e. The van der Waals surface area contributed by atoms with Gasteiger partial charge in [-0.25, -0.2) is 13.1 Å². The summed E-state index contributed by atoms with van der Waals surface area (Å²) >= 11 is 12.1. The van der Waals surface area contributed by atoms with Crippen LogP contribution in [0.5, 0.6) is 0 Å². The van der Waals surface area contributed by atoms with Crippen LogP contribution < -0.4 is 4.72 Å². The molecule has 2 N–H and O–H groups in total. The number of hydrogen-bond donors (Lipinski definition) is 2. The number of benzene rings is 1. The predicted molar refractivity (Wildman–Crippen MR) is 85.1 cm³/mol. The molecule has 1 rings (SSSR count). The maximum atomic E-state index is 12.3. The number of halogens is 2. The molecule has 0 aliphatic rings. The molecule has 7 heteroatoms. The fraction of sp³-hybridized carbons (Fsp3) is 0.429. The topological polar surface area (TPSA) is 66.4 Å². The van der Waals surface area contributed by atoms with Crippen molar-refractivity contribution in [3.8, 4) is 11.8 Å². The van der Waals surface area contributed by atoms with Crippen molar-refractivity contribution in [2.75, 3.05) is 6.61 Å². The fourth-order valence-electron chi connectivity index (χ4n) is 1.52. The molecule has 1 atom stereocenters. The standard InChI is InChI=1S/C14H17Cl2NO3S/c1-3-10(2)17-21(19,20)14-12(15)8-11(9-13(14)16)6-4-5-7-18/h8-10,17-18H,3,5,7H2,1-2H3. The molecule has 0 saturated carbocycles. The summed E-state index contributed by atoms with van der Waals surface area (Å²) in [5, 5.41) is 8.71. The third-order valence-electron chi connectivity index (χ3n) is 2.71. The van der Waals surface area contributed by atoms with Gasteiger partial charge in [-0.2, -0.15) is 0 Å². The molecule has 0 fully saturated rings. The van der Waals surface area contributed by atoms with Crippen LogP contribution in [0.2, 0.25) is 10.0 Å². The van der Waals surface area contributed by atoms with E-state index >= 15 is 0 Å². The average Bonchev–Trinajstić information content (AvgIpc) is 2.37. The minimum atomic E-state index is -3.78. The van der Waals surface area contributed by atoms with E-state index in [1.807, 2.05) is 6.92 Å². The molecule has 0 saturated heterocycles. The van der Waals surface area contributed by atoms with Gasteiger partial charge in [0.2, 0.25) is 10.0 Å². The lowest BCUT2D eigenvalue weighted by atomic mass is 10.2. The second-order valence-corrected chi connectivity index (χ2v) is 6.94. The normalized spacial score (nSPS) is 12.6. The van der Waals surface area contributed by atoms with Crippen molar-refractivity contribution in [3.63, 3.8) is 0 Å². The van der Waals surface area contributed by atoms with Gasteiger partial charge in [0.15, 0.2) is 0 Å². The van der Waals surface area contributed by atoms with Crippen molar-refractivity contribution in [3.05, 3.63) is 27.7 Å². The smallest absolute Gasteiger partial charge is 0.243 e. The number of aliphatic hydroxyl groups is 1. The average molecular weight is 350 g/mol. The highest BCUT2D eigenvalue weighted by atomic mass is 35.5. The molecule has 1 unspecified atom stereocenters. The monoisotopic (exact) mass is 349 g/mol. The van der Waals surface area contributed by atoms with E-state index in [0.717, 1.165) is 0 Å². The molecule has 21 heavy (non-hydrogen) atoms. The largest absolute Gasteiger partial charge is 0.395 e. The second kappa shape index (κ2) is 8.02. The number of aliphatic hydroxyl groups excluding tert-OH is 1. The first-order chi connectivity index (χ1) is 9.81. The molecule has 4 nitrogen and oxygen atoms in total. The molecule has 1 aromatic carbocycles. The van der Waals surface area contributed by atoms with Gasteiger partial charge in [-0.3, -0.25) is 0 Å². The van der Waals surface area contributed by atoms with Crippen molar-refractivity contribution in [1.29, 1.82) is 0 Å². The van der Waals surface area contributed by atoms with Crippen molar-refractivity contribution >= 4 is 33.2 Å². The van der Waals surface area contributed by atoms with Crippen LogP contribution in [0.3, 0.4) is 0 Å². The summed E-state index contributed by atoms with van der Waals surface area (Å²) in [4.78, 5) is -0.140. The molecule has 0 aromatic heterocycles. The Kier molecular flexibility index (Phi) is 6.98. The van der Waals surface area contributed by atoms with E-state index in [1.165, 1.54) is 12.1 Å². The van der Waals surface area contributed by atoms with Gasteiger partial charge in [-0.15, -0.1) is 0 Å². The lowest BCUT2D eigenvalue weighted by Gasteiger charge is -2.14. The van der Waals surface area contributed by atoms with Crippen LogP contribution in [0.4, 0.5) is 0 Å². The molecule has 0 amide bonds. The van der Waals surface area contributed by atoms with Crippen molar-refractivity contribution in [2.45, 2.75) is 37.6 Å². The maximum absolute atomic E-state index is 12.3. The van der Waals surface area contributed by atoms with E-state index in [1.54, 1.807) is 6.92 Å². The van der Waals surface area contributed by atoms with Gasteiger partial charge in [0.1, 0.15) is 4.90 Å². The number of hydrogen-bond acceptors (Lipinski definition) is 3. The van der Waals surface area contributed by atoms with Crippen LogP contribution >= 0.6 is 23.2 Å². The SMILES string of the molecule is CCC(C)NS(=O)(=O)c1c(Cl)cc(C#CCCO)cc1Cl. The fourth-order valence-corrected chi connectivity index (χ4v) is 4.06. The highest BCUT2D eigenvalue weighted by Gasteiger charge is 2.23. The summed E-state index contributed by atoms with van der Waals surface area (Å²) in [6.45, 7) is 3.59. The number of sulfonamides is 1. The molecule has 0 bridgehead atoms. The van der Waals surface area contributed by atoms with E-state index in [4.69, 9.17) is 28.3 Å². The van der Waals surface area contributed by atoms with Crippen LogP contribution in [0.15, 0.2) is 17.0 Å². The molecule has 0 aliphatic carbocycles. The Morgan fingerprint density at radius 2 is 1.90 bits per heavy atom. The lowest BCUT2D eigenvalue weighted by Crippen LogP contribution is -2.32. The maximum Gasteiger partial charge on any atom is 0.243 e. The zero-order chi connectivity index (χ0) is 16.0. The van der Waals surface area contributed by atoms with Crippen LogP contribution in [-0.4, -0.2) is 26.2 Å². The summed E-state index contributed by atoms with van der Waals surface area (Å²) < 4.78 is 27.0. The van der Waals surface area contributed by atoms with Crippen LogP contribution in [-0.2, 0) is 10.0 Å². The third-order valence-corrected chi connectivity index (χ3v) is 5.22. The van der Waals surface area contributed by atoms with E-state index in [0.29, 0.717) is 18.4 Å². The Balaban J connectivity index is 3.20. The molecule has 1 aromatic rings. The highest BCUT2D eigenvalue weighted by molar-refractivity contribution is 7.89. The van der Waals surface area contributed by atoms with Gasteiger partial charge in [0.25, 0.3) is 0 Å². The Labute approximate surface area is 135 Å². The summed E-state index contributed by atoms with van der Waals surface area (Å²) in [5.74, 6) is 5.49. The van der Waals surface area contributed by atoms with Gasteiger partial charge in [0, 0.05) is 18.0 Å². The van der Waals surface area contributed by atoms with E-state index in [2.05, 4.69) is 16.6 Å². The highest BCUT2D eigenvalue weighted by Crippen LogP contribution is 2.30. The first-order valence-corrected chi connectivity index (χ1v) is 8.66. The molecule has 0 spiro atoms. The summed E-state index contributed by atoms with van der Waals surface area (Å²) in [6, 6.07) is 2.68. The lowest BCUT2D eigenvalue weighted by molar-refractivity contribution is 0.305. The number of nitrogens with one attached hydrogen (secondary N) is 1. The molecule has 116 valence electrons. The van der Waals surface area contributed by atoms with E-state index in [-0.39, 0.29) is 27.6 Å². The second-order valence-electron chi connectivity index (χ2n) is 4.47. The molecule has 0 heterocycles. The molecular formula is C14H17Cl2NO3S. The van der Waals surface area contributed by atoms with Gasteiger partial charge < -0.3 is 5.11 Å². The molecule has 0 radical (unpaired) electrons. The van der Waals surface area contributed by atoms with Crippen LogP contribution in [0, 0.1) is 11.8 Å². The third kappa shape index (κ3) is 5.17. The van der Waals surface area contributed by atoms with Gasteiger partial charge in [-0.1, -0.05) is 42.0 Å². The first-order valence-electron chi connectivity index (χ1n) is 6.43. The van der Waals surface area contributed by atoms with Crippen LogP contribution in [0.1, 0.15) is 32.3 Å². The molecule has 0 aliphatic heterocycles. The summed E-state index contributed by atoms with van der Waals surface area (Å²) in [7, 11) is -3.78. The van der Waals surface area contributed by atoms with Crippen molar-refractivity contribution in [2.24, 2.45) is 0 Å². The van der Waals surface area contributed by atoms with Gasteiger partial charge >= 0.3 is 0 Å². The first kappa shape index (κ1) is 18.3. The Hall–Kier alpha value is -0.770. The Bertz CT molecular complexity index is 640.